The fourth-order valence-electron chi connectivity index (χ4n) is 0.948. The van der Waals surface area contributed by atoms with Gasteiger partial charge in [0.15, 0.2) is 5.78 Å². The molecule has 1 rings (SSSR count). The van der Waals surface area contributed by atoms with Crippen LogP contribution in [0.5, 0.6) is 0 Å². The molecule has 0 aromatic rings. The first kappa shape index (κ1) is 6.99. The van der Waals surface area contributed by atoms with Gasteiger partial charge in [-0.2, -0.15) is 0 Å². The Morgan fingerprint density at radius 3 is 2.80 bits per heavy atom. The number of nitrogens with zero attached hydrogens (tertiary/aromatic N) is 1. The minimum atomic E-state index is -0.147. The molecule has 0 spiro atoms. The number of amides is 1. The van der Waals surface area contributed by atoms with Crippen molar-refractivity contribution < 1.29 is 9.59 Å². The highest BCUT2D eigenvalue weighted by atomic mass is 16.2. The fourth-order valence-corrected chi connectivity index (χ4v) is 0.948. The number of carbonyl (C=O) groups excluding carboxylic acids is 2. The molecule has 0 aromatic heterocycles. The van der Waals surface area contributed by atoms with E-state index in [1.165, 1.54) is 11.0 Å². The van der Waals surface area contributed by atoms with Crippen LogP contribution >= 0.6 is 0 Å². The van der Waals surface area contributed by atoms with Gasteiger partial charge in [0.05, 0.1) is 6.54 Å². The van der Waals surface area contributed by atoms with Gasteiger partial charge in [-0.25, -0.2) is 0 Å². The van der Waals surface area contributed by atoms with Crippen LogP contribution in [-0.2, 0) is 9.59 Å². The molecule has 3 nitrogen and oxygen atoms in total. The molecule has 0 N–H and O–H groups in total. The lowest BCUT2D eigenvalue weighted by atomic mass is 10.4. The zero-order chi connectivity index (χ0) is 7.56. The van der Waals surface area contributed by atoms with Crippen LogP contribution in [0.2, 0.25) is 0 Å². The summed E-state index contributed by atoms with van der Waals surface area (Å²) in [4.78, 5) is 23.0. The van der Waals surface area contributed by atoms with E-state index in [9.17, 15) is 9.59 Å². The highest BCUT2D eigenvalue weighted by Crippen LogP contribution is 2.03. The van der Waals surface area contributed by atoms with Crippen LogP contribution in [0.4, 0.5) is 0 Å². The quantitative estimate of drug-likeness (QED) is 0.478. The van der Waals surface area contributed by atoms with Crippen molar-refractivity contribution in [2.75, 3.05) is 13.1 Å². The molecule has 10 heavy (non-hydrogen) atoms. The van der Waals surface area contributed by atoms with Gasteiger partial charge in [-0.15, -0.1) is 0 Å². The molecule has 1 heterocycles. The highest BCUT2D eigenvalue weighted by molar-refractivity contribution is 5.93. The third-order valence-corrected chi connectivity index (χ3v) is 1.51. The van der Waals surface area contributed by atoms with Gasteiger partial charge in [-0.05, 0) is 6.08 Å². The van der Waals surface area contributed by atoms with Gasteiger partial charge in [-0.1, -0.05) is 6.58 Å². The van der Waals surface area contributed by atoms with E-state index in [-0.39, 0.29) is 18.2 Å². The van der Waals surface area contributed by atoms with Crippen molar-refractivity contribution in [1.29, 1.82) is 0 Å². The van der Waals surface area contributed by atoms with Gasteiger partial charge in [0.1, 0.15) is 0 Å². The lowest BCUT2D eigenvalue weighted by Crippen LogP contribution is -2.26. The monoisotopic (exact) mass is 139 g/mol. The van der Waals surface area contributed by atoms with Crippen LogP contribution in [-0.4, -0.2) is 29.7 Å². The summed E-state index contributed by atoms with van der Waals surface area (Å²) in [5, 5.41) is 0. The molecule has 1 fully saturated rings. The van der Waals surface area contributed by atoms with Crippen molar-refractivity contribution in [1.82, 2.24) is 4.90 Å². The smallest absolute Gasteiger partial charge is 0.246 e. The SMILES string of the molecule is C=CC(=O)N1CCC(=O)C1. The Kier molecular flexibility index (Phi) is 1.85. The van der Waals surface area contributed by atoms with Gasteiger partial charge in [0, 0.05) is 13.0 Å². The molecule has 1 saturated heterocycles. The number of hydrogen-bond donors (Lipinski definition) is 0. The third kappa shape index (κ3) is 1.23. The van der Waals surface area contributed by atoms with Crippen molar-refractivity contribution in [3.63, 3.8) is 0 Å². The zero-order valence-corrected chi connectivity index (χ0v) is 5.67. The molecule has 0 atom stereocenters. The van der Waals surface area contributed by atoms with E-state index in [0.29, 0.717) is 13.0 Å². The Morgan fingerprint density at radius 2 is 2.40 bits per heavy atom. The maximum absolute atomic E-state index is 10.8. The van der Waals surface area contributed by atoms with Gasteiger partial charge in [0.25, 0.3) is 0 Å². The zero-order valence-electron chi connectivity index (χ0n) is 5.67. The first-order valence-electron chi connectivity index (χ1n) is 3.17. The van der Waals surface area contributed by atoms with Crippen LogP contribution in [0.25, 0.3) is 0 Å². The fraction of sp³-hybridized carbons (Fsp3) is 0.429. The van der Waals surface area contributed by atoms with Crippen molar-refractivity contribution in [3.8, 4) is 0 Å². The lowest BCUT2D eigenvalue weighted by molar-refractivity contribution is -0.127. The van der Waals surface area contributed by atoms with E-state index in [1.807, 2.05) is 0 Å². The number of rotatable bonds is 1. The van der Waals surface area contributed by atoms with Crippen LogP contribution in [0.15, 0.2) is 12.7 Å². The summed E-state index contributed by atoms with van der Waals surface area (Å²) in [6.45, 7) is 4.16. The molecule has 1 aliphatic heterocycles. The average Bonchev–Trinajstić information content (AvgIpc) is 2.34. The van der Waals surface area contributed by atoms with E-state index in [0.717, 1.165) is 0 Å². The molecule has 0 unspecified atom stereocenters. The van der Waals surface area contributed by atoms with Crippen LogP contribution in [0, 0.1) is 0 Å². The maximum Gasteiger partial charge on any atom is 0.246 e. The van der Waals surface area contributed by atoms with E-state index < -0.39 is 0 Å². The minimum absolute atomic E-state index is 0.134. The first-order chi connectivity index (χ1) is 4.74. The number of hydrogen-bond acceptors (Lipinski definition) is 2. The second kappa shape index (κ2) is 2.64. The molecule has 1 aliphatic rings. The predicted octanol–water partition coefficient (Wildman–Crippen LogP) is -0.0262. The van der Waals surface area contributed by atoms with E-state index in [2.05, 4.69) is 6.58 Å². The largest absolute Gasteiger partial charge is 0.331 e. The Hall–Kier alpha value is -1.12. The minimum Gasteiger partial charge on any atom is -0.331 e. The summed E-state index contributed by atoms with van der Waals surface area (Å²) in [6.07, 6.45) is 1.73. The molecule has 0 saturated carbocycles. The summed E-state index contributed by atoms with van der Waals surface area (Å²) >= 11 is 0. The van der Waals surface area contributed by atoms with Crippen LogP contribution in [0.3, 0.4) is 0 Å². The molecular weight excluding hydrogens is 130 g/mol. The van der Waals surface area contributed by atoms with Crippen molar-refractivity contribution >= 4 is 11.7 Å². The number of ketones is 1. The lowest BCUT2D eigenvalue weighted by Gasteiger charge is -2.09. The van der Waals surface area contributed by atoms with E-state index in [4.69, 9.17) is 0 Å². The average molecular weight is 139 g/mol. The van der Waals surface area contributed by atoms with Crippen molar-refractivity contribution in [2.24, 2.45) is 0 Å². The summed E-state index contributed by atoms with van der Waals surface area (Å²) in [5.74, 6) is -0.0129. The summed E-state index contributed by atoms with van der Waals surface area (Å²) in [7, 11) is 0. The summed E-state index contributed by atoms with van der Waals surface area (Å²) < 4.78 is 0. The molecule has 0 bridgehead atoms. The molecule has 1 amide bonds. The molecule has 0 aromatic carbocycles. The molecule has 0 aliphatic carbocycles. The van der Waals surface area contributed by atoms with E-state index >= 15 is 0 Å². The van der Waals surface area contributed by atoms with Crippen molar-refractivity contribution in [2.45, 2.75) is 6.42 Å². The Labute approximate surface area is 59.3 Å². The van der Waals surface area contributed by atoms with Crippen LogP contribution in [0.1, 0.15) is 6.42 Å². The van der Waals surface area contributed by atoms with E-state index in [1.54, 1.807) is 0 Å². The predicted molar refractivity (Wildman–Crippen MR) is 36.4 cm³/mol. The Bertz CT molecular complexity index is 186. The first-order valence-corrected chi connectivity index (χ1v) is 3.17. The topological polar surface area (TPSA) is 37.4 Å². The van der Waals surface area contributed by atoms with Crippen LogP contribution < -0.4 is 0 Å². The maximum atomic E-state index is 10.8. The molecule has 54 valence electrons. The molecule has 3 heteroatoms. The summed E-state index contributed by atoms with van der Waals surface area (Å²) in [5.41, 5.74) is 0. The second-order valence-corrected chi connectivity index (χ2v) is 2.25. The van der Waals surface area contributed by atoms with Gasteiger partial charge < -0.3 is 4.90 Å². The number of Topliss-reactive ketones (excluding diaryl/α,β-unsaturated/α-hetero) is 1. The normalized spacial score (nSPS) is 17.6. The standard InChI is InChI=1S/C7H9NO2/c1-2-7(10)8-4-3-6(9)5-8/h2H,1,3-5H2. The summed E-state index contributed by atoms with van der Waals surface area (Å²) in [6, 6.07) is 0. The van der Waals surface area contributed by atoms with Gasteiger partial charge in [-0.3, -0.25) is 9.59 Å². The second-order valence-electron chi connectivity index (χ2n) is 2.25. The highest BCUT2D eigenvalue weighted by Gasteiger charge is 2.21. The molecular formula is C7H9NO2. The number of carbonyl (C=O) groups is 2. The van der Waals surface area contributed by atoms with Crippen molar-refractivity contribution in [3.05, 3.63) is 12.7 Å². The van der Waals surface area contributed by atoms with Gasteiger partial charge >= 0.3 is 0 Å². The third-order valence-electron chi connectivity index (χ3n) is 1.51. The van der Waals surface area contributed by atoms with Gasteiger partial charge in [0.2, 0.25) is 5.91 Å². The Balaban J connectivity index is 2.52. The Morgan fingerprint density at radius 1 is 1.70 bits per heavy atom. The molecule has 0 radical (unpaired) electrons. The number of likely N-dealkylation sites (tertiary alicyclic amines) is 1.